The highest BCUT2D eigenvalue weighted by Crippen LogP contribution is 2.26. The first-order valence-corrected chi connectivity index (χ1v) is 10.3. The minimum atomic E-state index is -0.195. The van der Waals surface area contributed by atoms with Gasteiger partial charge in [-0.1, -0.05) is 48.5 Å². The summed E-state index contributed by atoms with van der Waals surface area (Å²) in [6, 6.07) is 24.6. The summed E-state index contributed by atoms with van der Waals surface area (Å²) in [4.78, 5) is 27.1. The maximum atomic E-state index is 12.7. The molecule has 1 aliphatic heterocycles. The minimum Gasteiger partial charge on any atom is -0.488 e. The Morgan fingerprint density at radius 2 is 1.65 bits per heavy atom. The molecule has 0 spiro atoms. The summed E-state index contributed by atoms with van der Waals surface area (Å²) in [5, 5.41) is 2.90. The van der Waals surface area contributed by atoms with Gasteiger partial charge in [0, 0.05) is 23.5 Å². The van der Waals surface area contributed by atoms with Crippen LogP contribution >= 0.6 is 0 Å². The molecule has 5 nitrogen and oxygen atoms in total. The molecular weight excluding hydrogens is 388 g/mol. The molecule has 0 saturated carbocycles. The second-order valence-electron chi connectivity index (χ2n) is 7.30. The van der Waals surface area contributed by atoms with E-state index in [1.165, 1.54) is 0 Å². The van der Waals surface area contributed by atoms with Crippen LogP contribution in [-0.2, 0) is 16.0 Å². The summed E-state index contributed by atoms with van der Waals surface area (Å²) >= 11 is 0. The average Bonchev–Trinajstić information content (AvgIpc) is 2.81. The number of para-hydroxylation sites is 2. The van der Waals surface area contributed by atoms with Gasteiger partial charge in [-0.15, -0.1) is 0 Å². The van der Waals surface area contributed by atoms with Crippen LogP contribution in [0.3, 0.4) is 0 Å². The Bertz CT molecular complexity index is 1110. The van der Waals surface area contributed by atoms with E-state index in [4.69, 9.17) is 4.74 Å². The summed E-state index contributed by atoms with van der Waals surface area (Å²) < 4.78 is 5.66. The smallest absolute Gasteiger partial charge is 0.255 e. The van der Waals surface area contributed by atoms with Gasteiger partial charge >= 0.3 is 0 Å². The number of hydrogen-bond acceptors (Lipinski definition) is 3. The van der Waals surface area contributed by atoms with Crippen molar-refractivity contribution in [1.29, 1.82) is 0 Å². The first-order valence-electron chi connectivity index (χ1n) is 10.3. The fraction of sp³-hybridized carbons (Fsp3) is 0.154. The van der Waals surface area contributed by atoms with E-state index in [1.807, 2.05) is 91.9 Å². The Labute approximate surface area is 182 Å². The normalized spacial score (nSPS) is 12.2. The van der Waals surface area contributed by atoms with Crippen molar-refractivity contribution < 1.29 is 14.3 Å². The number of likely N-dealkylation sites (N-methyl/N-ethyl adjacent to an activating group) is 1. The van der Waals surface area contributed by atoms with Gasteiger partial charge < -0.3 is 15.0 Å². The highest BCUT2D eigenvalue weighted by Gasteiger charge is 2.17. The van der Waals surface area contributed by atoms with Crippen LogP contribution in [0.5, 0.6) is 5.75 Å². The molecule has 0 saturated heterocycles. The first kappa shape index (κ1) is 20.4. The topological polar surface area (TPSA) is 58.6 Å². The molecule has 1 N–H and O–H groups in total. The quantitative estimate of drug-likeness (QED) is 0.639. The zero-order valence-corrected chi connectivity index (χ0v) is 17.4. The fourth-order valence-corrected chi connectivity index (χ4v) is 3.55. The van der Waals surface area contributed by atoms with Gasteiger partial charge in [0.1, 0.15) is 12.4 Å². The number of fused-ring (bicyclic) bond motifs is 1. The van der Waals surface area contributed by atoms with Gasteiger partial charge in [-0.2, -0.15) is 0 Å². The largest absolute Gasteiger partial charge is 0.488 e. The van der Waals surface area contributed by atoms with E-state index in [0.29, 0.717) is 24.2 Å². The van der Waals surface area contributed by atoms with Gasteiger partial charge in [0.2, 0.25) is 5.91 Å². The molecule has 0 atom stereocenters. The summed E-state index contributed by atoms with van der Waals surface area (Å²) in [5.74, 6) is 0.623. The van der Waals surface area contributed by atoms with Crippen molar-refractivity contribution in [2.45, 2.75) is 13.3 Å². The maximum Gasteiger partial charge on any atom is 0.255 e. The number of amides is 2. The molecule has 3 aromatic carbocycles. The van der Waals surface area contributed by atoms with Crippen LogP contribution in [-0.4, -0.2) is 25.0 Å². The lowest BCUT2D eigenvalue weighted by Crippen LogP contribution is -2.31. The Hall–Kier alpha value is -3.86. The third kappa shape index (κ3) is 4.83. The SMILES string of the molecule is CCN(C(=O)Cc1ccc(NC(=O)C2=Cc3ccccc3OC2)cc1)c1ccccc1. The molecule has 1 aliphatic rings. The molecule has 0 fully saturated rings. The van der Waals surface area contributed by atoms with E-state index in [-0.39, 0.29) is 18.4 Å². The van der Waals surface area contributed by atoms with E-state index in [9.17, 15) is 9.59 Å². The van der Waals surface area contributed by atoms with Crippen molar-refractivity contribution in [2.75, 3.05) is 23.4 Å². The van der Waals surface area contributed by atoms with Crippen molar-refractivity contribution in [3.05, 3.63) is 95.6 Å². The number of carbonyl (C=O) groups excluding carboxylic acids is 2. The summed E-state index contributed by atoms with van der Waals surface area (Å²) in [7, 11) is 0. The van der Waals surface area contributed by atoms with Crippen LogP contribution in [0.1, 0.15) is 18.1 Å². The van der Waals surface area contributed by atoms with Gasteiger partial charge in [-0.3, -0.25) is 9.59 Å². The molecule has 5 heteroatoms. The monoisotopic (exact) mass is 412 g/mol. The summed E-state index contributed by atoms with van der Waals surface area (Å²) in [6.07, 6.45) is 2.15. The highest BCUT2D eigenvalue weighted by atomic mass is 16.5. The molecule has 0 radical (unpaired) electrons. The molecule has 0 bridgehead atoms. The Morgan fingerprint density at radius 3 is 2.39 bits per heavy atom. The van der Waals surface area contributed by atoms with Crippen molar-refractivity contribution in [2.24, 2.45) is 0 Å². The van der Waals surface area contributed by atoms with Crippen molar-refractivity contribution in [3.63, 3.8) is 0 Å². The Kier molecular flexibility index (Phi) is 6.13. The van der Waals surface area contributed by atoms with E-state index in [0.717, 1.165) is 22.6 Å². The summed E-state index contributed by atoms with van der Waals surface area (Å²) in [6.45, 7) is 2.81. The van der Waals surface area contributed by atoms with E-state index in [1.54, 1.807) is 4.90 Å². The van der Waals surface area contributed by atoms with Crippen molar-refractivity contribution in [1.82, 2.24) is 0 Å². The van der Waals surface area contributed by atoms with Gasteiger partial charge in [0.15, 0.2) is 0 Å². The van der Waals surface area contributed by atoms with Crippen LogP contribution in [0.4, 0.5) is 11.4 Å². The number of anilines is 2. The standard InChI is InChI=1S/C26H24N2O3/c1-2-28(23-9-4-3-5-10-23)25(29)16-19-12-14-22(15-13-19)27-26(30)21-17-20-8-6-7-11-24(20)31-18-21/h3-15,17H,2,16,18H2,1H3,(H,27,30). The molecule has 0 aliphatic carbocycles. The molecule has 3 aromatic rings. The van der Waals surface area contributed by atoms with Crippen LogP contribution in [0, 0.1) is 0 Å². The molecule has 156 valence electrons. The Morgan fingerprint density at radius 1 is 0.935 bits per heavy atom. The van der Waals surface area contributed by atoms with E-state index < -0.39 is 0 Å². The fourth-order valence-electron chi connectivity index (χ4n) is 3.55. The van der Waals surface area contributed by atoms with E-state index >= 15 is 0 Å². The third-order valence-electron chi connectivity index (χ3n) is 5.18. The number of nitrogens with one attached hydrogen (secondary N) is 1. The zero-order valence-electron chi connectivity index (χ0n) is 17.4. The van der Waals surface area contributed by atoms with Crippen LogP contribution in [0.2, 0.25) is 0 Å². The lowest BCUT2D eigenvalue weighted by atomic mass is 10.1. The predicted molar refractivity (Wildman–Crippen MR) is 123 cm³/mol. The van der Waals surface area contributed by atoms with Crippen molar-refractivity contribution in [3.8, 4) is 5.75 Å². The van der Waals surface area contributed by atoms with Crippen LogP contribution in [0.25, 0.3) is 6.08 Å². The summed E-state index contributed by atoms with van der Waals surface area (Å²) in [5.41, 5.74) is 3.93. The number of nitrogens with zero attached hydrogens (tertiary/aromatic N) is 1. The van der Waals surface area contributed by atoms with Crippen molar-refractivity contribution >= 4 is 29.3 Å². The van der Waals surface area contributed by atoms with E-state index in [2.05, 4.69) is 5.32 Å². The molecule has 0 unspecified atom stereocenters. The average molecular weight is 412 g/mol. The van der Waals surface area contributed by atoms with Gasteiger partial charge in [0.25, 0.3) is 5.91 Å². The first-order chi connectivity index (χ1) is 15.1. The lowest BCUT2D eigenvalue weighted by Gasteiger charge is -2.21. The molecule has 31 heavy (non-hydrogen) atoms. The third-order valence-corrected chi connectivity index (χ3v) is 5.18. The number of benzene rings is 3. The highest BCUT2D eigenvalue weighted by molar-refractivity contribution is 6.07. The molecule has 1 heterocycles. The minimum absolute atomic E-state index is 0.0358. The second kappa shape index (κ2) is 9.30. The molecule has 2 amide bonds. The van der Waals surface area contributed by atoms with Crippen LogP contribution in [0.15, 0.2) is 84.4 Å². The maximum absolute atomic E-state index is 12.7. The van der Waals surface area contributed by atoms with Gasteiger partial charge in [-0.25, -0.2) is 0 Å². The zero-order chi connectivity index (χ0) is 21.6. The number of hydrogen-bond donors (Lipinski definition) is 1. The predicted octanol–water partition coefficient (Wildman–Crippen LogP) is 4.70. The Balaban J connectivity index is 1.39. The second-order valence-corrected chi connectivity index (χ2v) is 7.30. The van der Waals surface area contributed by atoms with Crippen LogP contribution < -0.4 is 15.0 Å². The number of rotatable bonds is 6. The van der Waals surface area contributed by atoms with Gasteiger partial charge in [0.05, 0.1) is 12.0 Å². The lowest BCUT2D eigenvalue weighted by molar-refractivity contribution is -0.118. The molecular formula is C26H24N2O3. The number of ether oxygens (including phenoxy) is 1. The van der Waals surface area contributed by atoms with Gasteiger partial charge in [-0.05, 0) is 48.9 Å². The number of carbonyl (C=O) groups is 2. The molecule has 0 aromatic heterocycles. The molecule has 4 rings (SSSR count).